The normalized spacial score (nSPS) is 19.4. The van der Waals surface area contributed by atoms with Crippen LogP contribution in [-0.2, 0) is 11.2 Å². The molecule has 3 heterocycles. The molecule has 0 radical (unpaired) electrons. The first-order valence-electron chi connectivity index (χ1n) is 10.8. The third kappa shape index (κ3) is 5.63. The predicted octanol–water partition coefficient (Wildman–Crippen LogP) is 4.60. The molecule has 1 unspecified atom stereocenters. The van der Waals surface area contributed by atoms with Gasteiger partial charge in [-0.05, 0) is 23.5 Å². The molecule has 9 heteroatoms. The molecule has 1 aliphatic rings. The summed E-state index contributed by atoms with van der Waals surface area (Å²) in [5.74, 6) is -0.121. The lowest BCUT2D eigenvalue weighted by Gasteiger charge is -2.32. The first-order chi connectivity index (χ1) is 15.1. The van der Waals surface area contributed by atoms with Crippen molar-refractivity contribution in [2.75, 3.05) is 6.54 Å². The second-order valence-corrected chi connectivity index (χ2v) is 11.5. The number of rotatable bonds is 5. The van der Waals surface area contributed by atoms with E-state index < -0.39 is 12.1 Å². The van der Waals surface area contributed by atoms with E-state index in [4.69, 9.17) is 5.73 Å². The second kappa shape index (κ2) is 10.2. The monoisotopic (exact) mass is 506 g/mol. The van der Waals surface area contributed by atoms with Crippen LogP contribution in [0.5, 0.6) is 0 Å². The Morgan fingerprint density at radius 3 is 2.58 bits per heavy atom. The molecular formula is C24H31ClN4O2S2. The number of likely N-dealkylation sites (tertiary alicyclic amines) is 1. The van der Waals surface area contributed by atoms with Gasteiger partial charge in [0, 0.05) is 30.5 Å². The van der Waals surface area contributed by atoms with Gasteiger partial charge in [-0.25, -0.2) is 9.97 Å². The van der Waals surface area contributed by atoms with E-state index in [9.17, 15) is 9.90 Å². The number of carbonyl (C=O) groups excluding carboxylic acids is 1. The molecule has 0 spiro atoms. The van der Waals surface area contributed by atoms with Crippen molar-refractivity contribution in [2.24, 2.45) is 11.1 Å². The average molecular weight is 507 g/mol. The molecule has 1 saturated heterocycles. The highest BCUT2D eigenvalue weighted by molar-refractivity contribution is 7.13. The van der Waals surface area contributed by atoms with Crippen molar-refractivity contribution in [3.8, 4) is 10.4 Å². The largest absolute Gasteiger partial charge is 0.391 e. The highest BCUT2D eigenvalue weighted by Gasteiger charge is 2.41. The smallest absolute Gasteiger partial charge is 0.240 e. The molecular weight excluding hydrogens is 476 g/mol. The second-order valence-electron chi connectivity index (χ2n) is 9.55. The summed E-state index contributed by atoms with van der Waals surface area (Å²) in [5, 5.41) is 11.1. The van der Waals surface area contributed by atoms with Crippen LogP contribution < -0.4 is 5.73 Å². The van der Waals surface area contributed by atoms with E-state index in [0.29, 0.717) is 13.0 Å². The predicted molar refractivity (Wildman–Crippen MR) is 137 cm³/mol. The molecule has 3 aromatic rings. The van der Waals surface area contributed by atoms with E-state index >= 15 is 0 Å². The number of aliphatic hydroxyl groups excluding tert-OH is 1. The fourth-order valence-electron chi connectivity index (χ4n) is 3.95. The molecule has 1 amide bonds. The highest BCUT2D eigenvalue weighted by Crippen LogP contribution is 2.36. The Hall–Kier alpha value is -1.84. The summed E-state index contributed by atoms with van der Waals surface area (Å²) < 4.78 is 0. The summed E-state index contributed by atoms with van der Waals surface area (Å²) in [6.07, 6.45) is 2.62. The summed E-state index contributed by atoms with van der Waals surface area (Å²) in [7, 11) is 0. The van der Waals surface area contributed by atoms with Crippen molar-refractivity contribution in [1.29, 1.82) is 0 Å². The zero-order valence-corrected chi connectivity index (χ0v) is 21.8. The lowest BCUT2D eigenvalue weighted by molar-refractivity contribution is -0.136. The van der Waals surface area contributed by atoms with Crippen molar-refractivity contribution in [1.82, 2.24) is 14.9 Å². The number of benzene rings is 1. The van der Waals surface area contributed by atoms with Crippen LogP contribution in [0.3, 0.4) is 0 Å². The number of thiazole rings is 2. The number of aliphatic hydroxyl groups is 1. The minimum Gasteiger partial charge on any atom is -0.391 e. The fourth-order valence-corrected chi connectivity index (χ4v) is 5.84. The van der Waals surface area contributed by atoms with Crippen molar-refractivity contribution in [3.05, 3.63) is 57.1 Å². The third-order valence-corrected chi connectivity index (χ3v) is 8.03. The number of hydrogen-bond acceptors (Lipinski definition) is 7. The zero-order chi connectivity index (χ0) is 23.0. The molecule has 6 nitrogen and oxygen atoms in total. The highest BCUT2D eigenvalue weighted by atomic mass is 35.5. The van der Waals surface area contributed by atoms with Crippen LogP contribution in [0.15, 0.2) is 36.0 Å². The lowest BCUT2D eigenvalue weighted by atomic mass is 9.86. The maximum absolute atomic E-state index is 13.0. The topological polar surface area (TPSA) is 92.3 Å². The van der Waals surface area contributed by atoms with Crippen LogP contribution in [0, 0.1) is 12.3 Å². The molecule has 2 aromatic heterocycles. The number of halogens is 1. The quantitative estimate of drug-likeness (QED) is 0.527. The van der Waals surface area contributed by atoms with Gasteiger partial charge >= 0.3 is 0 Å². The Balaban J connectivity index is 0.00000306. The zero-order valence-electron chi connectivity index (χ0n) is 19.3. The molecule has 1 fully saturated rings. The Morgan fingerprint density at radius 1 is 1.27 bits per heavy atom. The lowest BCUT2D eigenvalue weighted by Crippen LogP contribution is -2.50. The van der Waals surface area contributed by atoms with Gasteiger partial charge in [0.2, 0.25) is 5.91 Å². The number of amides is 1. The van der Waals surface area contributed by atoms with E-state index in [2.05, 4.69) is 34.2 Å². The van der Waals surface area contributed by atoms with Gasteiger partial charge in [0.05, 0.1) is 34.3 Å². The Bertz CT molecular complexity index is 1090. The summed E-state index contributed by atoms with van der Waals surface area (Å²) in [4.78, 5) is 26.0. The van der Waals surface area contributed by atoms with Gasteiger partial charge in [-0.1, -0.05) is 45.0 Å². The molecule has 0 aliphatic carbocycles. The Labute approximate surface area is 209 Å². The minimum absolute atomic E-state index is 0. The van der Waals surface area contributed by atoms with Gasteiger partial charge in [-0.2, -0.15) is 0 Å². The van der Waals surface area contributed by atoms with Gasteiger partial charge in [0.1, 0.15) is 5.01 Å². The van der Waals surface area contributed by atoms with Crippen LogP contribution in [0.1, 0.15) is 54.4 Å². The maximum atomic E-state index is 13.0. The van der Waals surface area contributed by atoms with Gasteiger partial charge < -0.3 is 15.7 Å². The molecule has 178 valence electrons. The van der Waals surface area contributed by atoms with Crippen molar-refractivity contribution in [2.45, 2.75) is 58.7 Å². The van der Waals surface area contributed by atoms with Crippen LogP contribution in [-0.4, -0.2) is 44.6 Å². The van der Waals surface area contributed by atoms with Crippen molar-refractivity contribution < 1.29 is 9.90 Å². The third-order valence-electron chi connectivity index (χ3n) is 5.96. The molecule has 4 rings (SSSR count). The van der Waals surface area contributed by atoms with Gasteiger partial charge in [-0.15, -0.1) is 35.1 Å². The SMILES string of the molecule is Cc1ncsc1-c1ccc(Cc2cnc([C@@H]3C[C@@H](O)CN3C(=O)C(N)C(C)(C)C)s2)cc1.Cl. The molecule has 0 bridgehead atoms. The molecule has 1 aliphatic heterocycles. The number of carbonyl (C=O) groups is 1. The van der Waals surface area contributed by atoms with Crippen LogP contribution >= 0.6 is 35.1 Å². The van der Waals surface area contributed by atoms with E-state index in [0.717, 1.165) is 22.0 Å². The molecule has 3 N–H and O–H groups in total. The van der Waals surface area contributed by atoms with Gasteiger partial charge in [0.25, 0.3) is 0 Å². The van der Waals surface area contributed by atoms with Gasteiger partial charge in [-0.3, -0.25) is 4.79 Å². The van der Waals surface area contributed by atoms with Crippen LogP contribution in [0.25, 0.3) is 10.4 Å². The Morgan fingerprint density at radius 2 is 1.97 bits per heavy atom. The number of hydrogen-bond donors (Lipinski definition) is 2. The number of aryl methyl sites for hydroxylation is 1. The number of nitrogens with two attached hydrogens (primary N) is 1. The molecule has 3 atom stereocenters. The summed E-state index contributed by atoms with van der Waals surface area (Å²) in [6, 6.07) is 7.73. The standard InChI is InChI=1S/C24H30N4O2S2.ClH/c1-14-20(31-13-27-14)16-7-5-15(6-8-16)9-18-11-26-22(32-18)19-10-17(29)12-28(19)23(30)21(25)24(2,3)4;/h5-8,11,13,17,19,21,29H,9-10,12,25H2,1-4H3;1H/t17-,19+,21?;/m1./s1. The summed E-state index contributed by atoms with van der Waals surface area (Å²) in [6.45, 7) is 8.21. The first kappa shape index (κ1) is 25.8. The van der Waals surface area contributed by atoms with Gasteiger partial charge in [0.15, 0.2) is 0 Å². The van der Waals surface area contributed by atoms with Crippen LogP contribution in [0.4, 0.5) is 0 Å². The van der Waals surface area contributed by atoms with Crippen molar-refractivity contribution >= 4 is 41.0 Å². The summed E-state index contributed by atoms with van der Waals surface area (Å²) >= 11 is 3.26. The molecule has 0 saturated carbocycles. The van der Waals surface area contributed by atoms with E-state index in [-0.39, 0.29) is 29.8 Å². The molecule has 33 heavy (non-hydrogen) atoms. The van der Waals surface area contributed by atoms with E-state index in [1.54, 1.807) is 27.6 Å². The fraction of sp³-hybridized carbons (Fsp3) is 0.458. The number of nitrogens with zero attached hydrogens (tertiary/aromatic N) is 3. The van der Waals surface area contributed by atoms with E-state index in [1.807, 2.05) is 39.4 Å². The number of aromatic nitrogens is 2. The maximum Gasteiger partial charge on any atom is 0.240 e. The van der Waals surface area contributed by atoms with Crippen LogP contribution in [0.2, 0.25) is 0 Å². The average Bonchev–Trinajstić information content (AvgIpc) is 3.47. The first-order valence-corrected chi connectivity index (χ1v) is 12.5. The summed E-state index contributed by atoms with van der Waals surface area (Å²) in [5.41, 5.74) is 11.2. The van der Waals surface area contributed by atoms with Crippen molar-refractivity contribution in [3.63, 3.8) is 0 Å². The molecule has 1 aromatic carbocycles. The minimum atomic E-state index is -0.615. The van der Waals surface area contributed by atoms with E-state index in [1.165, 1.54) is 16.0 Å². The number of β-amino-alcohol motifs (C(OH)–C–C–N with tert-alkyl or cyclic N) is 1. The Kier molecular flexibility index (Phi) is 7.96.